The molecule has 0 radical (unpaired) electrons. The molecule has 1 heterocycles. The lowest BCUT2D eigenvalue weighted by Crippen LogP contribution is -2.43. The molecule has 1 N–H and O–H groups in total. The highest BCUT2D eigenvalue weighted by atomic mass is 16.6. The van der Waals surface area contributed by atoms with Crippen LogP contribution in [0.3, 0.4) is 0 Å². The minimum absolute atomic E-state index is 0.0850. The molecule has 0 spiro atoms. The van der Waals surface area contributed by atoms with E-state index in [1.807, 2.05) is 64.6 Å². The molecule has 3 aliphatic rings. The van der Waals surface area contributed by atoms with Gasteiger partial charge < -0.3 is 24.2 Å². The summed E-state index contributed by atoms with van der Waals surface area (Å²) >= 11 is 0. The number of aromatic nitrogens is 2. The first-order valence-corrected chi connectivity index (χ1v) is 14.7. The van der Waals surface area contributed by atoms with E-state index in [0.29, 0.717) is 24.2 Å². The number of hydrogen-bond donors (Lipinski definition) is 1. The fourth-order valence-corrected chi connectivity index (χ4v) is 5.73. The van der Waals surface area contributed by atoms with E-state index >= 15 is 0 Å². The minimum Gasteiger partial charge on any atom is -0.444 e. The summed E-state index contributed by atoms with van der Waals surface area (Å²) in [5.41, 5.74) is -0.122. The van der Waals surface area contributed by atoms with Crippen molar-refractivity contribution in [1.29, 1.82) is 0 Å². The van der Waals surface area contributed by atoms with Crippen LogP contribution >= 0.6 is 0 Å². The Hall–Kier alpha value is -3.10. The Morgan fingerprint density at radius 2 is 1.65 bits per heavy atom. The first kappa shape index (κ1) is 28.4. The van der Waals surface area contributed by atoms with Gasteiger partial charge in [-0.2, -0.15) is 4.98 Å². The van der Waals surface area contributed by atoms with E-state index in [9.17, 15) is 9.59 Å². The van der Waals surface area contributed by atoms with Crippen molar-refractivity contribution in [2.75, 3.05) is 6.54 Å². The molecule has 0 aliphatic heterocycles. The monoisotopic (exact) mass is 552 g/mol. The standard InChI is InChI=1S/C31H44N4O5/c1-29(2,3)38-27(36)32-22-14-12-21(13-15-22)25-33-26(34-40-25)31(16-17-31)19-35(28(37)39-30(4,5)6)24-18-23(24)20-10-8-7-9-11-20/h7-11,21-24H,12-19H2,1-6H3,(H,32,36)/t21?,22?,23?,24-/m0/s1. The van der Waals surface area contributed by atoms with Crippen LogP contribution in [0, 0.1) is 0 Å². The van der Waals surface area contributed by atoms with E-state index in [0.717, 1.165) is 44.9 Å². The maximum absolute atomic E-state index is 13.4. The quantitative estimate of drug-likeness (QED) is 0.421. The summed E-state index contributed by atoms with van der Waals surface area (Å²) in [7, 11) is 0. The van der Waals surface area contributed by atoms with Gasteiger partial charge in [0.25, 0.3) is 0 Å². The van der Waals surface area contributed by atoms with Crippen LogP contribution in [0.15, 0.2) is 34.9 Å². The zero-order chi connectivity index (χ0) is 28.7. The van der Waals surface area contributed by atoms with E-state index in [1.165, 1.54) is 5.56 Å². The summed E-state index contributed by atoms with van der Waals surface area (Å²) in [6.45, 7) is 11.8. The summed E-state index contributed by atoms with van der Waals surface area (Å²) in [6, 6.07) is 10.6. The molecule has 2 aromatic rings. The normalized spacial score (nSPS) is 25.6. The fourth-order valence-electron chi connectivity index (χ4n) is 5.73. The molecule has 9 nitrogen and oxygen atoms in total. The maximum atomic E-state index is 13.4. The van der Waals surface area contributed by atoms with Gasteiger partial charge in [-0.05, 0) is 92.1 Å². The van der Waals surface area contributed by atoms with E-state index in [2.05, 4.69) is 22.6 Å². The first-order valence-electron chi connectivity index (χ1n) is 14.7. The van der Waals surface area contributed by atoms with Gasteiger partial charge in [-0.3, -0.25) is 0 Å². The Morgan fingerprint density at radius 3 is 2.25 bits per heavy atom. The number of carbonyl (C=O) groups excluding carboxylic acids is 2. The Morgan fingerprint density at radius 1 is 1.00 bits per heavy atom. The number of nitrogens with one attached hydrogen (secondary N) is 1. The summed E-state index contributed by atoms with van der Waals surface area (Å²) in [4.78, 5) is 32.3. The van der Waals surface area contributed by atoms with Crippen LogP contribution in [0.1, 0.15) is 116 Å². The molecule has 1 aromatic carbocycles. The second-order valence-corrected chi connectivity index (χ2v) is 13.9. The van der Waals surface area contributed by atoms with Gasteiger partial charge in [-0.15, -0.1) is 0 Å². The van der Waals surface area contributed by atoms with Crippen molar-refractivity contribution in [3.05, 3.63) is 47.6 Å². The molecule has 1 aromatic heterocycles. The third kappa shape index (κ3) is 6.96. The number of nitrogens with zero attached hydrogens (tertiary/aromatic N) is 3. The zero-order valence-electron chi connectivity index (χ0n) is 24.7. The van der Waals surface area contributed by atoms with Crippen molar-refractivity contribution in [2.24, 2.45) is 0 Å². The lowest BCUT2D eigenvalue weighted by molar-refractivity contribution is 0.0208. The summed E-state index contributed by atoms with van der Waals surface area (Å²) < 4.78 is 17.0. The van der Waals surface area contributed by atoms with Gasteiger partial charge in [-0.25, -0.2) is 9.59 Å². The van der Waals surface area contributed by atoms with Crippen molar-refractivity contribution >= 4 is 12.2 Å². The highest BCUT2D eigenvalue weighted by Crippen LogP contribution is 2.52. The van der Waals surface area contributed by atoms with Crippen LogP contribution in [0.25, 0.3) is 0 Å². The third-order valence-corrected chi connectivity index (χ3v) is 8.05. The number of rotatable bonds is 7. The predicted molar refractivity (Wildman–Crippen MR) is 150 cm³/mol. The first-order chi connectivity index (χ1) is 18.8. The van der Waals surface area contributed by atoms with Gasteiger partial charge in [0, 0.05) is 30.5 Å². The Labute approximate surface area is 237 Å². The predicted octanol–water partition coefficient (Wildman–Crippen LogP) is 6.45. The molecule has 2 atom stereocenters. The number of alkyl carbamates (subject to hydrolysis) is 1. The Bertz CT molecular complexity index is 1190. The summed E-state index contributed by atoms with van der Waals surface area (Å²) in [6.07, 6.45) is 5.51. The number of benzene rings is 1. The number of ether oxygens (including phenoxy) is 2. The minimum atomic E-state index is -0.570. The molecular weight excluding hydrogens is 508 g/mol. The molecule has 0 bridgehead atoms. The molecule has 3 fully saturated rings. The van der Waals surface area contributed by atoms with Gasteiger partial charge in [-0.1, -0.05) is 35.5 Å². The highest BCUT2D eigenvalue weighted by Gasteiger charge is 2.55. The molecule has 218 valence electrons. The van der Waals surface area contributed by atoms with Crippen molar-refractivity contribution in [2.45, 2.75) is 127 Å². The van der Waals surface area contributed by atoms with Crippen molar-refractivity contribution in [1.82, 2.24) is 20.4 Å². The van der Waals surface area contributed by atoms with Gasteiger partial charge >= 0.3 is 12.2 Å². The SMILES string of the molecule is CC(C)(C)OC(=O)NC1CCC(c2nc(C3(CN(C(=O)OC(C)(C)C)[C@H]4CC4c4ccccc4)CC3)no2)CC1. The third-order valence-electron chi connectivity index (χ3n) is 8.05. The topological polar surface area (TPSA) is 107 Å². The summed E-state index contributed by atoms with van der Waals surface area (Å²) in [5.74, 6) is 1.84. The lowest BCUT2D eigenvalue weighted by atomic mass is 9.86. The summed E-state index contributed by atoms with van der Waals surface area (Å²) in [5, 5.41) is 7.41. The second-order valence-electron chi connectivity index (χ2n) is 13.9. The Balaban J connectivity index is 1.22. The smallest absolute Gasteiger partial charge is 0.410 e. The van der Waals surface area contributed by atoms with Crippen molar-refractivity contribution in [3.63, 3.8) is 0 Å². The van der Waals surface area contributed by atoms with Crippen LogP contribution in [0.4, 0.5) is 9.59 Å². The maximum Gasteiger partial charge on any atom is 0.410 e. The molecule has 0 saturated heterocycles. The average molecular weight is 553 g/mol. The van der Waals surface area contributed by atoms with Crippen LogP contribution in [0.2, 0.25) is 0 Å². The Kier molecular flexibility index (Phi) is 7.61. The van der Waals surface area contributed by atoms with Crippen molar-refractivity contribution < 1.29 is 23.6 Å². The molecular formula is C31H44N4O5. The molecule has 5 rings (SSSR count). The van der Waals surface area contributed by atoms with Crippen molar-refractivity contribution in [3.8, 4) is 0 Å². The molecule has 2 amide bonds. The van der Waals surface area contributed by atoms with Crippen LogP contribution in [-0.2, 0) is 14.9 Å². The van der Waals surface area contributed by atoms with Gasteiger partial charge in [0.2, 0.25) is 5.89 Å². The van der Waals surface area contributed by atoms with Gasteiger partial charge in [0.1, 0.15) is 11.2 Å². The zero-order valence-corrected chi connectivity index (χ0v) is 24.7. The molecule has 3 saturated carbocycles. The van der Waals surface area contributed by atoms with E-state index in [4.69, 9.17) is 19.0 Å². The van der Waals surface area contributed by atoms with Crippen LogP contribution < -0.4 is 5.32 Å². The van der Waals surface area contributed by atoms with Crippen LogP contribution in [-0.4, -0.2) is 57.1 Å². The fraction of sp³-hybridized carbons (Fsp3) is 0.677. The highest BCUT2D eigenvalue weighted by molar-refractivity contribution is 5.70. The van der Waals surface area contributed by atoms with E-state index < -0.39 is 11.2 Å². The lowest BCUT2D eigenvalue weighted by Gasteiger charge is -2.30. The number of hydrogen-bond acceptors (Lipinski definition) is 7. The molecule has 9 heteroatoms. The molecule has 1 unspecified atom stereocenters. The van der Waals surface area contributed by atoms with Gasteiger partial charge in [0.05, 0.1) is 5.41 Å². The average Bonchev–Trinajstić information content (AvgIpc) is 3.78. The molecule has 40 heavy (non-hydrogen) atoms. The van der Waals surface area contributed by atoms with Crippen LogP contribution in [0.5, 0.6) is 0 Å². The van der Waals surface area contributed by atoms with Gasteiger partial charge in [0.15, 0.2) is 5.82 Å². The number of carbonyl (C=O) groups is 2. The largest absolute Gasteiger partial charge is 0.444 e. The second kappa shape index (κ2) is 10.7. The van der Waals surface area contributed by atoms with E-state index in [1.54, 1.807) is 0 Å². The van der Waals surface area contributed by atoms with E-state index in [-0.39, 0.29) is 35.6 Å². The molecule has 3 aliphatic carbocycles. The number of amides is 2.